The molecule has 0 aromatic carbocycles. The van der Waals surface area contributed by atoms with Crippen molar-refractivity contribution >= 4 is 0 Å². The lowest BCUT2D eigenvalue weighted by Crippen LogP contribution is -2.45. The van der Waals surface area contributed by atoms with Crippen molar-refractivity contribution in [3.05, 3.63) is 238 Å². The fourth-order valence-electron chi connectivity index (χ4n) is 19.3. The Balaban J connectivity index is 0.709. The van der Waals surface area contributed by atoms with Gasteiger partial charge in [-0.2, -0.15) is 0 Å². The van der Waals surface area contributed by atoms with E-state index < -0.39 is 0 Å². The van der Waals surface area contributed by atoms with E-state index in [0.717, 1.165) is 19.3 Å². The molecule has 0 N–H and O–H groups in total. The third-order valence-corrected chi connectivity index (χ3v) is 22.6. The van der Waals surface area contributed by atoms with E-state index in [-0.39, 0.29) is 12.2 Å². The highest BCUT2D eigenvalue weighted by Crippen LogP contribution is 2.58. The van der Waals surface area contributed by atoms with E-state index in [1.807, 2.05) is 5.57 Å². The number of hydrogen-bond acceptors (Lipinski definition) is 4. The molecule has 4 heterocycles. The zero-order chi connectivity index (χ0) is 49.6. The third-order valence-electron chi connectivity index (χ3n) is 22.6. The molecule has 13 aliphatic carbocycles. The molecule has 0 bridgehead atoms. The maximum absolute atomic E-state index is 6.63. The largest absolute Gasteiger partial charge is 0.365 e. The van der Waals surface area contributed by atoms with Gasteiger partial charge < -0.3 is 14.5 Å². The Morgan fingerprint density at radius 3 is 2.30 bits per heavy atom. The van der Waals surface area contributed by atoms with Crippen LogP contribution in [0.2, 0.25) is 0 Å². The second kappa shape index (κ2) is 17.9. The molecule has 17 rings (SSSR count). The Bertz CT molecular complexity index is 3180. The number of ether oxygens (including phenoxy) is 1. The smallest absolute Gasteiger partial charge is 0.0868 e. The second-order valence-corrected chi connectivity index (χ2v) is 25.8. The number of fused-ring (bicyclic) bond motifs is 15. The summed E-state index contributed by atoms with van der Waals surface area (Å²) in [5.74, 6) is 5.43. The SMILES string of the molecule is C1=CCC(N2C3C=CC=CC3C3CC=C(C4C=CC5C(C4)C4=CC(C6CCC7=C(C6)N(C6=CCC8OC9C=CC=CC9C8=C6)C6C=CC=CC76)CCC4N5C4=CC5=C(CC4)C4=C(C=CCC4)C4C=CC=CC54)CC32)C=C1. The van der Waals surface area contributed by atoms with Gasteiger partial charge in [0.15, 0.2) is 0 Å². The lowest BCUT2D eigenvalue weighted by molar-refractivity contribution is 0.0734. The van der Waals surface area contributed by atoms with Crippen molar-refractivity contribution in [2.45, 2.75) is 138 Å². The summed E-state index contributed by atoms with van der Waals surface area (Å²) in [5.41, 5.74) is 18.1. The summed E-state index contributed by atoms with van der Waals surface area (Å²) < 4.78 is 6.63. The van der Waals surface area contributed by atoms with Crippen LogP contribution in [0.4, 0.5) is 0 Å². The monoisotopic (exact) mass is 998 g/mol. The Hall–Kier alpha value is -5.68. The first kappa shape index (κ1) is 45.3. The topological polar surface area (TPSA) is 19.0 Å². The molecule has 4 nitrogen and oxygen atoms in total. The van der Waals surface area contributed by atoms with E-state index in [1.54, 1.807) is 44.8 Å². The van der Waals surface area contributed by atoms with Crippen LogP contribution in [0.5, 0.6) is 0 Å². The van der Waals surface area contributed by atoms with Crippen molar-refractivity contribution < 1.29 is 4.74 Å². The molecule has 0 spiro atoms. The molecule has 384 valence electrons. The standard InChI is InChI=1S/C72H75N3O/c1-2-14-48(15-3-1)73-65-23-11-8-20-56(65)58-32-26-46(40-69(58)73)44-28-35-67-62(38-44)63-39-45(29-36-68(63)74(67)49-30-34-55-53-18-5-4-16-51(53)52-17-6-7-19-54(52)61(55)42-49)47-27-33-59-57-21-9-12-24-66(57)75(70(59)41-47)50-31-37-72-64(43-50)60-22-10-13-25-71(60)76-72/h1-4,6-14,16-17,19-26,28,31,35,39,42-45,47-48,52,54,56-58,60,62,65-69,71-72H,5,15,18,27,29-30,32-34,36-38,40-41H2. The Labute approximate surface area is 452 Å². The average molecular weight is 998 g/mol. The van der Waals surface area contributed by atoms with Crippen LogP contribution in [0.25, 0.3) is 0 Å². The molecule has 18 unspecified atom stereocenters. The van der Waals surface area contributed by atoms with Gasteiger partial charge in [-0.3, -0.25) is 4.90 Å². The van der Waals surface area contributed by atoms with Gasteiger partial charge in [0, 0.05) is 70.7 Å². The van der Waals surface area contributed by atoms with Crippen molar-refractivity contribution in [1.82, 2.24) is 14.7 Å². The van der Waals surface area contributed by atoms with Gasteiger partial charge >= 0.3 is 0 Å². The summed E-state index contributed by atoms with van der Waals surface area (Å²) in [5, 5.41) is 0. The van der Waals surface area contributed by atoms with Gasteiger partial charge in [-0.15, -0.1) is 0 Å². The van der Waals surface area contributed by atoms with Gasteiger partial charge in [0.05, 0.1) is 30.3 Å². The van der Waals surface area contributed by atoms with Crippen LogP contribution in [0, 0.1) is 59.2 Å². The predicted molar refractivity (Wildman–Crippen MR) is 308 cm³/mol. The summed E-state index contributed by atoms with van der Waals surface area (Å²) in [6.45, 7) is 0. The first-order valence-electron chi connectivity index (χ1n) is 30.5. The molecule has 0 amide bonds. The minimum Gasteiger partial charge on any atom is -0.365 e. The predicted octanol–water partition coefficient (Wildman–Crippen LogP) is 14.8. The maximum Gasteiger partial charge on any atom is 0.0868 e. The molecule has 18 atom stereocenters. The molecule has 3 fully saturated rings. The first-order valence-corrected chi connectivity index (χ1v) is 30.5. The van der Waals surface area contributed by atoms with Crippen molar-refractivity contribution in [2.75, 3.05) is 0 Å². The van der Waals surface area contributed by atoms with Crippen LogP contribution in [-0.4, -0.2) is 63.2 Å². The Kier molecular flexibility index (Phi) is 10.7. The molecule has 0 aromatic heterocycles. The van der Waals surface area contributed by atoms with E-state index in [2.05, 4.69) is 191 Å². The van der Waals surface area contributed by atoms with Gasteiger partial charge in [-0.25, -0.2) is 0 Å². The molecule has 0 aromatic rings. The third kappa shape index (κ3) is 6.93. The minimum atomic E-state index is 0.178. The highest BCUT2D eigenvalue weighted by atomic mass is 16.5. The molecule has 17 aliphatic rings. The van der Waals surface area contributed by atoms with E-state index in [0.29, 0.717) is 95.4 Å². The van der Waals surface area contributed by atoms with Crippen LogP contribution in [0.15, 0.2) is 238 Å². The quantitative estimate of drug-likeness (QED) is 0.256. The van der Waals surface area contributed by atoms with E-state index >= 15 is 0 Å². The maximum atomic E-state index is 6.63. The highest BCUT2D eigenvalue weighted by Gasteiger charge is 2.54. The molecular formula is C72H75N3O. The van der Waals surface area contributed by atoms with E-state index in [1.165, 1.54) is 81.9 Å². The number of rotatable bonds is 5. The van der Waals surface area contributed by atoms with Crippen molar-refractivity contribution in [1.29, 1.82) is 0 Å². The fourth-order valence-corrected chi connectivity index (χ4v) is 19.3. The van der Waals surface area contributed by atoms with Crippen LogP contribution in [0.3, 0.4) is 0 Å². The van der Waals surface area contributed by atoms with Crippen LogP contribution in [-0.2, 0) is 4.74 Å². The number of hydrogen-bond donors (Lipinski definition) is 0. The number of likely N-dealkylation sites (tertiary alicyclic amines) is 2. The number of nitrogens with zero attached hydrogens (tertiary/aromatic N) is 3. The minimum absolute atomic E-state index is 0.178. The van der Waals surface area contributed by atoms with Crippen molar-refractivity contribution in [3.63, 3.8) is 0 Å². The second-order valence-electron chi connectivity index (χ2n) is 25.8. The Morgan fingerprint density at radius 2 is 1.39 bits per heavy atom. The van der Waals surface area contributed by atoms with Crippen LogP contribution in [0.1, 0.15) is 89.9 Å². The van der Waals surface area contributed by atoms with Gasteiger partial charge in [0.2, 0.25) is 0 Å². The zero-order valence-corrected chi connectivity index (χ0v) is 44.3. The van der Waals surface area contributed by atoms with Gasteiger partial charge in [-0.1, -0.05) is 170 Å². The molecule has 0 saturated carbocycles. The van der Waals surface area contributed by atoms with Gasteiger partial charge in [-0.05, 0) is 165 Å². The lowest BCUT2D eigenvalue weighted by Gasteiger charge is -2.43. The summed E-state index contributed by atoms with van der Waals surface area (Å²) in [6, 6.07) is 2.90. The normalized spacial score (nSPS) is 43.3. The number of allylic oxidation sites excluding steroid dienone is 25. The summed E-state index contributed by atoms with van der Waals surface area (Å²) in [4.78, 5) is 8.85. The molecule has 4 heteroatoms. The van der Waals surface area contributed by atoms with Crippen LogP contribution >= 0.6 is 0 Å². The molecule has 4 aliphatic heterocycles. The average Bonchev–Trinajstić information content (AvgIpc) is 4.25. The zero-order valence-electron chi connectivity index (χ0n) is 44.3. The van der Waals surface area contributed by atoms with Crippen molar-refractivity contribution in [3.8, 4) is 0 Å². The molecular weight excluding hydrogens is 923 g/mol. The van der Waals surface area contributed by atoms with Crippen LogP contribution < -0.4 is 0 Å². The fraction of sp³-hybridized carbons (Fsp3) is 0.444. The highest BCUT2D eigenvalue weighted by molar-refractivity contribution is 5.59. The summed E-state index contributed by atoms with van der Waals surface area (Å²) in [7, 11) is 0. The summed E-state index contributed by atoms with van der Waals surface area (Å²) >= 11 is 0. The molecule has 3 saturated heterocycles. The van der Waals surface area contributed by atoms with Crippen molar-refractivity contribution in [2.24, 2.45) is 59.2 Å². The van der Waals surface area contributed by atoms with Gasteiger partial charge in [0.1, 0.15) is 0 Å². The molecule has 76 heavy (non-hydrogen) atoms. The lowest BCUT2D eigenvalue weighted by atomic mass is 9.65. The Morgan fingerprint density at radius 1 is 0.579 bits per heavy atom. The first-order chi connectivity index (χ1) is 37.7. The molecule has 0 radical (unpaired) electrons. The van der Waals surface area contributed by atoms with Gasteiger partial charge in [0.25, 0.3) is 0 Å². The van der Waals surface area contributed by atoms with E-state index in [4.69, 9.17) is 4.74 Å². The summed E-state index contributed by atoms with van der Waals surface area (Å²) in [6.07, 6.45) is 88.9. The van der Waals surface area contributed by atoms with E-state index in [9.17, 15) is 0 Å².